The first-order chi connectivity index (χ1) is 11.1. The van der Waals surface area contributed by atoms with Gasteiger partial charge in [0, 0.05) is 12.1 Å². The highest BCUT2D eigenvalue weighted by Crippen LogP contribution is 2.29. The minimum Gasteiger partial charge on any atom is -0.458 e. The van der Waals surface area contributed by atoms with E-state index < -0.39 is 42.2 Å². The molecule has 0 radical (unpaired) electrons. The van der Waals surface area contributed by atoms with E-state index in [0.717, 1.165) is 0 Å². The second-order valence-electron chi connectivity index (χ2n) is 6.68. The van der Waals surface area contributed by atoms with E-state index in [-0.39, 0.29) is 10.2 Å². The molecule has 9 nitrogen and oxygen atoms in total. The maximum atomic E-state index is 10.7. The van der Waals surface area contributed by atoms with Gasteiger partial charge in [-0.3, -0.25) is 10.1 Å². The molecule has 1 fully saturated rings. The maximum absolute atomic E-state index is 10.7. The van der Waals surface area contributed by atoms with E-state index in [4.69, 9.17) is 9.47 Å². The molecule has 0 aromatic heterocycles. The van der Waals surface area contributed by atoms with E-state index >= 15 is 0 Å². The van der Waals surface area contributed by atoms with E-state index in [2.05, 4.69) is 0 Å². The second-order valence-corrected chi connectivity index (χ2v) is 6.68. The van der Waals surface area contributed by atoms with Crippen LogP contribution in [0.3, 0.4) is 0 Å². The first kappa shape index (κ1) is 18.6. The molecule has 5 atom stereocenters. The van der Waals surface area contributed by atoms with Gasteiger partial charge >= 0.3 is 0 Å². The lowest BCUT2D eigenvalue weighted by Gasteiger charge is -2.47. The summed E-state index contributed by atoms with van der Waals surface area (Å²) in [5, 5.41) is 40.5. The van der Waals surface area contributed by atoms with E-state index in [1.165, 1.54) is 24.3 Å². The Morgan fingerprint density at radius 2 is 1.79 bits per heavy atom. The highest BCUT2D eigenvalue weighted by Gasteiger charge is 2.52. The van der Waals surface area contributed by atoms with Crippen LogP contribution in [0.2, 0.25) is 0 Å². The molecule has 0 amide bonds. The van der Waals surface area contributed by atoms with Crippen LogP contribution in [0.4, 0.5) is 5.69 Å². The van der Waals surface area contributed by atoms with Crippen molar-refractivity contribution in [3.63, 3.8) is 0 Å². The number of ether oxygens (including phenoxy) is 2. The normalized spacial score (nSPS) is 30.8. The van der Waals surface area contributed by atoms with Crippen LogP contribution in [0.15, 0.2) is 24.3 Å². The molecule has 24 heavy (non-hydrogen) atoms. The zero-order chi connectivity index (χ0) is 18.1. The van der Waals surface area contributed by atoms with E-state index in [9.17, 15) is 25.4 Å². The molecule has 1 aliphatic rings. The standard InChI is InChI=1S/C15H23N2O7/c1-17(2,3)12-14(20)13(19)11(8-18)24-15(12)23-10-6-4-9(5-7-10)16(21)22/h4-7,11-15,18-20H,8H2,1-3H3/q+1/t11-,12-,13-,14-,15-/m1/s1. The van der Waals surface area contributed by atoms with Gasteiger partial charge < -0.3 is 29.3 Å². The molecule has 0 unspecified atom stereocenters. The Bertz CT molecular complexity index is 572. The Hall–Kier alpha value is -1.78. The molecule has 1 aromatic carbocycles. The average molecular weight is 343 g/mol. The van der Waals surface area contributed by atoms with Gasteiger partial charge in [-0.05, 0) is 12.1 Å². The van der Waals surface area contributed by atoms with Crippen molar-refractivity contribution < 1.29 is 34.2 Å². The Labute approximate surface area is 139 Å². The predicted octanol–water partition coefficient (Wildman–Crippen LogP) is -0.513. The number of nitro groups is 1. The number of aliphatic hydroxyl groups is 3. The van der Waals surface area contributed by atoms with Gasteiger partial charge in [0.2, 0.25) is 0 Å². The van der Waals surface area contributed by atoms with Crippen molar-refractivity contribution in [3.8, 4) is 5.75 Å². The minimum absolute atomic E-state index is 0.0706. The predicted molar refractivity (Wildman–Crippen MR) is 83.3 cm³/mol. The lowest BCUT2D eigenvalue weighted by atomic mass is 9.95. The Morgan fingerprint density at radius 3 is 2.25 bits per heavy atom. The number of rotatable bonds is 5. The summed E-state index contributed by atoms with van der Waals surface area (Å²) < 4.78 is 11.6. The van der Waals surface area contributed by atoms with Crippen LogP contribution in [0.1, 0.15) is 0 Å². The zero-order valence-electron chi connectivity index (χ0n) is 13.8. The molecule has 1 aliphatic heterocycles. The van der Waals surface area contributed by atoms with Gasteiger partial charge in [-0.2, -0.15) is 0 Å². The molecule has 0 aliphatic carbocycles. The summed E-state index contributed by atoms with van der Waals surface area (Å²) in [6.45, 7) is -0.470. The second kappa shape index (κ2) is 6.99. The highest BCUT2D eigenvalue weighted by molar-refractivity contribution is 5.36. The fourth-order valence-electron chi connectivity index (χ4n) is 2.77. The van der Waals surface area contributed by atoms with Gasteiger partial charge in [0.25, 0.3) is 12.0 Å². The van der Waals surface area contributed by atoms with Crippen molar-refractivity contribution in [3.05, 3.63) is 34.4 Å². The van der Waals surface area contributed by atoms with Gasteiger partial charge in [0.15, 0.2) is 6.04 Å². The Balaban J connectivity index is 2.24. The van der Waals surface area contributed by atoms with Crippen LogP contribution in [0.5, 0.6) is 5.75 Å². The lowest BCUT2D eigenvalue weighted by molar-refractivity contribution is -0.909. The fourth-order valence-corrected chi connectivity index (χ4v) is 2.77. The smallest absolute Gasteiger partial charge is 0.269 e. The van der Waals surface area contributed by atoms with E-state index in [0.29, 0.717) is 5.75 Å². The third kappa shape index (κ3) is 3.82. The zero-order valence-corrected chi connectivity index (χ0v) is 13.8. The molecular formula is C15H23N2O7+. The van der Waals surface area contributed by atoms with Crippen LogP contribution >= 0.6 is 0 Å². The number of non-ortho nitro benzene ring substituents is 1. The van der Waals surface area contributed by atoms with Crippen molar-refractivity contribution in [1.29, 1.82) is 0 Å². The number of hydrogen-bond acceptors (Lipinski definition) is 7. The van der Waals surface area contributed by atoms with Crippen molar-refractivity contribution >= 4 is 5.69 Å². The highest BCUT2D eigenvalue weighted by atomic mass is 16.7. The molecule has 1 saturated heterocycles. The van der Waals surface area contributed by atoms with Gasteiger partial charge in [-0.15, -0.1) is 0 Å². The molecule has 2 rings (SSSR count). The van der Waals surface area contributed by atoms with Crippen LogP contribution in [-0.2, 0) is 4.74 Å². The number of nitrogens with zero attached hydrogens (tertiary/aromatic N) is 2. The molecule has 9 heteroatoms. The van der Waals surface area contributed by atoms with Crippen LogP contribution in [0, 0.1) is 10.1 Å². The fraction of sp³-hybridized carbons (Fsp3) is 0.600. The van der Waals surface area contributed by atoms with Crippen molar-refractivity contribution in [1.82, 2.24) is 0 Å². The van der Waals surface area contributed by atoms with Gasteiger partial charge in [-0.1, -0.05) is 0 Å². The van der Waals surface area contributed by atoms with Gasteiger partial charge in [0.1, 0.15) is 24.1 Å². The Morgan fingerprint density at radius 1 is 1.21 bits per heavy atom. The maximum Gasteiger partial charge on any atom is 0.269 e. The summed E-state index contributed by atoms with van der Waals surface area (Å²) in [4.78, 5) is 10.2. The number of likely N-dealkylation sites (N-methyl/N-ethyl adjacent to an activating group) is 1. The molecule has 0 spiro atoms. The molecule has 0 saturated carbocycles. The molecule has 0 bridgehead atoms. The molecule has 3 N–H and O–H groups in total. The van der Waals surface area contributed by atoms with E-state index in [1.54, 1.807) is 0 Å². The molecule has 1 aromatic rings. The Kier molecular flexibility index (Phi) is 5.41. The quantitative estimate of drug-likeness (QED) is 0.374. The summed E-state index contributed by atoms with van der Waals surface area (Å²) in [7, 11) is 5.44. The number of aliphatic hydroxyl groups excluding tert-OH is 3. The number of quaternary nitrogens is 1. The van der Waals surface area contributed by atoms with E-state index in [1.807, 2.05) is 21.1 Å². The molecule has 1 heterocycles. The number of benzene rings is 1. The average Bonchev–Trinajstić information content (AvgIpc) is 2.50. The summed E-state index contributed by atoms with van der Waals surface area (Å²) >= 11 is 0. The third-order valence-corrected chi connectivity index (χ3v) is 4.04. The summed E-state index contributed by atoms with van der Waals surface area (Å²) in [6, 6.07) is 4.83. The lowest BCUT2D eigenvalue weighted by Crippen LogP contribution is -2.69. The largest absolute Gasteiger partial charge is 0.458 e. The summed E-state index contributed by atoms with van der Waals surface area (Å²) in [5.74, 6) is 0.323. The number of nitro benzene ring substituents is 1. The molecular weight excluding hydrogens is 320 g/mol. The van der Waals surface area contributed by atoms with Gasteiger partial charge in [0.05, 0.1) is 32.7 Å². The van der Waals surface area contributed by atoms with Crippen molar-refractivity contribution in [2.45, 2.75) is 30.6 Å². The summed E-state index contributed by atoms with van der Waals surface area (Å²) in [6.07, 6.45) is -4.33. The molecule has 134 valence electrons. The van der Waals surface area contributed by atoms with Crippen molar-refractivity contribution in [2.75, 3.05) is 27.7 Å². The third-order valence-electron chi connectivity index (χ3n) is 4.04. The minimum atomic E-state index is -1.24. The topological polar surface area (TPSA) is 122 Å². The number of hydrogen-bond donors (Lipinski definition) is 3. The summed E-state index contributed by atoms with van der Waals surface area (Å²) in [5.41, 5.74) is -0.0706. The van der Waals surface area contributed by atoms with Crippen LogP contribution < -0.4 is 4.74 Å². The van der Waals surface area contributed by atoms with Crippen LogP contribution in [0.25, 0.3) is 0 Å². The van der Waals surface area contributed by atoms with Crippen LogP contribution in [-0.4, -0.2) is 83.1 Å². The van der Waals surface area contributed by atoms with Gasteiger partial charge in [-0.25, -0.2) is 0 Å². The first-order valence-electron chi connectivity index (χ1n) is 7.50. The monoisotopic (exact) mass is 343 g/mol. The first-order valence-corrected chi connectivity index (χ1v) is 7.50. The van der Waals surface area contributed by atoms with Crippen molar-refractivity contribution in [2.24, 2.45) is 0 Å². The SMILES string of the molecule is C[N+](C)(C)[C@H]1[C@H](Oc2ccc([N+](=O)[O-])cc2)O[C@H](CO)[C@@H](O)[C@@H]1O.